The molecule has 2 aromatic heterocycles. The van der Waals surface area contributed by atoms with Gasteiger partial charge in [-0.3, -0.25) is 9.48 Å². The molecule has 102 valence electrons. The molecule has 0 amide bonds. The molecule has 0 aliphatic heterocycles. The molecule has 0 fully saturated rings. The largest absolute Gasteiger partial charge is 0.469 e. The molecule has 19 heavy (non-hydrogen) atoms. The molecule has 0 aliphatic rings. The molecule has 7 nitrogen and oxygen atoms in total. The maximum absolute atomic E-state index is 11.0. The molecule has 2 aromatic rings. The van der Waals surface area contributed by atoms with Crippen molar-refractivity contribution in [1.29, 1.82) is 0 Å². The molecule has 0 spiro atoms. The fourth-order valence-corrected chi connectivity index (χ4v) is 2.24. The highest BCUT2D eigenvalue weighted by Gasteiger charge is 2.05. The second-order valence-corrected chi connectivity index (χ2v) is 4.67. The van der Waals surface area contributed by atoms with Crippen LogP contribution in [-0.4, -0.2) is 39.6 Å². The Morgan fingerprint density at radius 1 is 1.58 bits per heavy atom. The molecule has 0 radical (unpaired) electrons. The lowest BCUT2D eigenvalue weighted by Crippen LogP contribution is -2.11. The number of aryl methyl sites for hydroxylation is 1. The fraction of sp³-hybridized carbons (Fsp3) is 0.455. The van der Waals surface area contributed by atoms with Crippen LogP contribution in [0.3, 0.4) is 0 Å². The van der Waals surface area contributed by atoms with E-state index >= 15 is 0 Å². The number of nitrogens with zero attached hydrogens (tertiary/aromatic N) is 4. The minimum Gasteiger partial charge on any atom is -0.469 e. The Labute approximate surface area is 114 Å². The van der Waals surface area contributed by atoms with Crippen LogP contribution in [-0.2, 0) is 22.5 Å². The van der Waals surface area contributed by atoms with Gasteiger partial charge in [-0.05, 0) is 0 Å². The smallest absolute Gasteiger partial charge is 0.305 e. The van der Waals surface area contributed by atoms with Gasteiger partial charge in [-0.2, -0.15) is 0 Å². The van der Waals surface area contributed by atoms with E-state index in [0.29, 0.717) is 12.8 Å². The zero-order valence-electron chi connectivity index (χ0n) is 10.6. The summed E-state index contributed by atoms with van der Waals surface area (Å²) in [6.07, 6.45) is 4.42. The Hall–Kier alpha value is -1.96. The highest BCUT2D eigenvalue weighted by molar-refractivity contribution is 7.13. The molecule has 0 atom stereocenters. The van der Waals surface area contributed by atoms with Crippen LogP contribution in [0.4, 0.5) is 5.13 Å². The number of esters is 1. The first-order chi connectivity index (χ1) is 9.28. The number of aromatic nitrogens is 4. The van der Waals surface area contributed by atoms with Crippen LogP contribution in [0.5, 0.6) is 0 Å². The highest BCUT2D eigenvalue weighted by atomic mass is 32.1. The molecule has 2 rings (SSSR count). The van der Waals surface area contributed by atoms with E-state index in [4.69, 9.17) is 0 Å². The topological polar surface area (TPSA) is 81.9 Å². The van der Waals surface area contributed by atoms with Crippen LogP contribution in [0.2, 0.25) is 0 Å². The predicted molar refractivity (Wildman–Crippen MR) is 71.0 cm³/mol. The summed E-state index contributed by atoms with van der Waals surface area (Å²) in [5.74, 6) is -0.214. The molecule has 0 unspecified atom stereocenters. The minimum atomic E-state index is -0.214. The first-order valence-corrected chi connectivity index (χ1v) is 6.75. The van der Waals surface area contributed by atoms with Crippen molar-refractivity contribution in [1.82, 2.24) is 20.0 Å². The standard InChI is InChI=1S/C11H15N5O2S/c1-18-10(17)3-2-9-8-19-11(14-9)12-4-6-16-7-5-13-15-16/h5,7-8H,2-4,6H2,1H3,(H,12,14). The molecular formula is C11H15N5O2S. The Morgan fingerprint density at radius 3 is 3.21 bits per heavy atom. The maximum Gasteiger partial charge on any atom is 0.305 e. The van der Waals surface area contributed by atoms with E-state index in [9.17, 15) is 4.79 Å². The zero-order chi connectivity index (χ0) is 13.5. The van der Waals surface area contributed by atoms with Crippen LogP contribution in [0.1, 0.15) is 12.1 Å². The van der Waals surface area contributed by atoms with Gasteiger partial charge in [0.2, 0.25) is 0 Å². The number of methoxy groups -OCH3 is 1. The summed E-state index contributed by atoms with van der Waals surface area (Å²) in [6, 6.07) is 0. The van der Waals surface area contributed by atoms with Gasteiger partial charge < -0.3 is 10.1 Å². The van der Waals surface area contributed by atoms with Crippen LogP contribution in [0.15, 0.2) is 17.8 Å². The van der Waals surface area contributed by atoms with Gasteiger partial charge in [0.15, 0.2) is 5.13 Å². The molecule has 0 bridgehead atoms. The zero-order valence-corrected chi connectivity index (χ0v) is 11.4. The third kappa shape index (κ3) is 4.32. The van der Waals surface area contributed by atoms with Gasteiger partial charge in [-0.25, -0.2) is 4.98 Å². The van der Waals surface area contributed by atoms with Crippen molar-refractivity contribution in [2.45, 2.75) is 19.4 Å². The van der Waals surface area contributed by atoms with E-state index < -0.39 is 0 Å². The summed E-state index contributed by atoms with van der Waals surface area (Å²) in [4.78, 5) is 15.4. The number of thiazole rings is 1. The molecule has 0 aromatic carbocycles. The average Bonchev–Trinajstić information content (AvgIpc) is 3.07. The van der Waals surface area contributed by atoms with Gasteiger partial charge in [-0.1, -0.05) is 5.21 Å². The number of carbonyl (C=O) groups excluding carboxylic acids is 1. The maximum atomic E-state index is 11.0. The van der Waals surface area contributed by atoms with E-state index in [1.54, 1.807) is 10.9 Å². The SMILES string of the molecule is COC(=O)CCc1csc(NCCn2ccnn2)n1. The first-order valence-electron chi connectivity index (χ1n) is 5.87. The van der Waals surface area contributed by atoms with Crippen molar-refractivity contribution in [3.8, 4) is 0 Å². The van der Waals surface area contributed by atoms with Crippen molar-refractivity contribution >= 4 is 22.4 Å². The van der Waals surface area contributed by atoms with Gasteiger partial charge in [0.1, 0.15) is 0 Å². The molecule has 8 heteroatoms. The fourth-order valence-electron chi connectivity index (χ4n) is 1.46. The van der Waals surface area contributed by atoms with E-state index in [0.717, 1.165) is 23.9 Å². The summed E-state index contributed by atoms with van der Waals surface area (Å²) in [7, 11) is 1.39. The number of hydrogen-bond donors (Lipinski definition) is 1. The van der Waals surface area contributed by atoms with Gasteiger partial charge in [0.05, 0.1) is 32.0 Å². The third-order valence-corrected chi connectivity index (χ3v) is 3.30. The van der Waals surface area contributed by atoms with E-state index in [1.165, 1.54) is 18.4 Å². The predicted octanol–water partition coefficient (Wildman–Crippen LogP) is 0.952. The van der Waals surface area contributed by atoms with Crippen LogP contribution in [0, 0.1) is 0 Å². The van der Waals surface area contributed by atoms with Crippen molar-refractivity contribution in [2.75, 3.05) is 19.0 Å². The van der Waals surface area contributed by atoms with E-state index in [1.807, 2.05) is 11.6 Å². The van der Waals surface area contributed by atoms with Crippen molar-refractivity contribution in [2.24, 2.45) is 0 Å². The van der Waals surface area contributed by atoms with Gasteiger partial charge in [0.25, 0.3) is 0 Å². The number of anilines is 1. The molecule has 0 saturated carbocycles. The van der Waals surface area contributed by atoms with Gasteiger partial charge >= 0.3 is 5.97 Å². The average molecular weight is 281 g/mol. The van der Waals surface area contributed by atoms with Gasteiger partial charge in [0, 0.05) is 24.5 Å². The number of carbonyl (C=O) groups is 1. The molecule has 0 saturated heterocycles. The first kappa shape index (κ1) is 13.5. The van der Waals surface area contributed by atoms with Crippen LogP contribution >= 0.6 is 11.3 Å². The van der Waals surface area contributed by atoms with Crippen LogP contribution in [0.25, 0.3) is 0 Å². The number of rotatable bonds is 7. The monoisotopic (exact) mass is 281 g/mol. The second-order valence-electron chi connectivity index (χ2n) is 3.81. The van der Waals surface area contributed by atoms with Crippen molar-refractivity contribution < 1.29 is 9.53 Å². The summed E-state index contributed by atoms with van der Waals surface area (Å²) in [5, 5.41) is 13.6. The Kier molecular flexibility index (Phi) is 4.85. The van der Waals surface area contributed by atoms with E-state index in [2.05, 4.69) is 25.3 Å². The molecule has 2 heterocycles. The van der Waals surface area contributed by atoms with Crippen LogP contribution < -0.4 is 5.32 Å². The molecule has 1 N–H and O–H groups in total. The Morgan fingerprint density at radius 2 is 2.47 bits per heavy atom. The van der Waals surface area contributed by atoms with E-state index in [-0.39, 0.29) is 5.97 Å². The molecule has 0 aliphatic carbocycles. The quantitative estimate of drug-likeness (QED) is 0.761. The summed E-state index contributed by atoms with van der Waals surface area (Å²) >= 11 is 1.53. The number of ether oxygens (including phenoxy) is 1. The second kappa shape index (κ2) is 6.83. The normalized spacial score (nSPS) is 10.4. The van der Waals surface area contributed by atoms with Crippen molar-refractivity contribution in [3.63, 3.8) is 0 Å². The summed E-state index contributed by atoms with van der Waals surface area (Å²) in [5.41, 5.74) is 0.902. The lowest BCUT2D eigenvalue weighted by atomic mass is 10.2. The Balaban J connectivity index is 1.73. The summed E-state index contributed by atoms with van der Waals surface area (Å²) in [6.45, 7) is 1.46. The number of nitrogens with one attached hydrogen (secondary N) is 1. The molecular weight excluding hydrogens is 266 g/mol. The lowest BCUT2D eigenvalue weighted by molar-refractivity contribution is -0.140. The summed E-state index contributed by atoms with van der Waals surface area (Å²) < 4.78 is 6.34. The third-order valence-electron chi connectivity index (χ3n) is 2.45. The number of hydrogen-bond acceptors (Lipinski definition) is 7. The minimum absolute atomic E-state index is 0.214. The Bertz CT molecular complexity index is 511. The highest BCUT2D eigenvalue weighted by Crippen LogP contribution is 2.16. The lowest BCUT2D eigenvalue weighted by Gasteiger charge is -2.01. The van der Waals surface area contributed by atoms with Gasteiger partial charge in [-0.15, -0.1) is 16.4 Å². The van der Waals surface area contributed by atoms with Crippen molar-refractivity contribution in [3.05, 3.63) is 23.5 Å².